The first kappa shape index (κ1) is 17.2. The molecule has 1 aromatic carbocycles. The topological polar surface area (TPSA) is 85.6 Å². The highest BCUT2D eigenvalue weighted by molar-refractivity contribution is 7.89. The molecule has 7 heteroatoms. The number of hydrogen-bond donors (Lipinski definition) is 1. The van der Waals surface area contributed by atoms with Gasteiger partial charge in [-0.25, -0.2) is 17.9 Å². The van der Waals surface area contributed by atoms with Crippen molar-refractivity contribution in [3.63, 3.8) is 0 Å². The zero-order chi connectivity index (χ0) is 17.0. The molecule has 0 saturated carbocycles. The fourth-order valence-corrected chi connectivity index (χ4v) is 3.75. The van der Waals surface area contributed by atoms with Gasteiger partial charge in [0.15, 0.2) is 0 Å². The van der Waals surface area contributed by atoms with Gasteiger partial charge in [0, 0.05) is 12.5 Å². The number of sulfonamides is 1. The molecule has 1 heterocycles. The average Bonchev–Trinajstić information content (AvgIpc) is 2.98. The molecular weight excluding hydrogens is 318 g/mol. The van der Waals surface area contributed by atoms with Crippen LogP contribution in [0, 0.1) is 6.92 Å². The Kier molecular flexibility index (Phi) is 5.23. The molecule has 2 aromatic rings. The van der Waals surface area contributed by atoms with E-state index in [-0.39, 0.29) is 16.5 Å². The lowest BCUT2D eigenvalue weighted by Gasteiger charge is -2.15. The molecule has 0 saturated heterocycles. The summed E-state index contributed by atoms with van der Waals surface area (Å²) in [6.45, 7) is 3.42. The number of carbonyl (C=O) groups is 1. The van der Waals surface area contributed by atoms with Crippen molar-refractivity contribution < 1.29 is 22.4 Å². The monoisotopic (exact) mass is 337 g/mol. The fraction of sp³-hybridized carbons (Fsp3) is 0.312. The van der Waals surface area contributed by atoms with Gasteiger partial charge in [-0.1, -0.05) is 6.07 Å². The summed E-state index contributed by atoms with van der Waals surface area (Å²) in [5.41, 5.74) is 0.743. The van der Waals surface area contributed by atoms with Crippen LogP contribution in [0.2, 0.25) is 0 Å². The van der Waals surface area contributed by atoms with Crippen molar-refractivity contribution in [3.05, 3.63) is 53.5 Å². The summed E-state index contributed by atoms with van der Waals surface area (Å²) in [6, 6.07) is 7.62. The number of nitrogens with one attached hydrogen (secondary N) is 1. The number of methoxy groups -OCH3 is 1. The summed E-state index contributed by atoms with van der Waals surface area (Å²) in [6.07, 6.45) is 1.97. The molecule has 124 valence electrons. The van der Waals surface area contributed by atoms with Crippen molar-refractivity contribution in [2.24, 2.45) is 0 Å². The zero-order valence-corrected chi connectivity index (χ0v) is 14.0. The molecule has 0 bridgehead atoms. The second kappa shape index (κ2) is 6.97. The van der Waals surface area contributed by atoms with Crippen LogP contribution in [0.25, 0.3) is 0 Å². The highest BCUT2D eigenvalue weighted by Gasteiger charge is 2.22. The van der Waals surface area contributed by atoms with Crippen molar-refractivity contribution in [3.8, 4) is 0 Å². The highest BCUT2D eigenvalue weighted by atomic mass is 32.2. The second-order valence-electron chi connectivity index (χ2n) is 5.28. The van der Waals surface area contributed by atoms with Gasteiger partial charge in [0.05, 0.1) is 23.8 Å². The van der Waals surface area contributed by atoms with E-state index in [0.29, 0.717) is 17.7 Å². The molecule has 0 spiro atoms. The minimum Gasteiger partial charge on any atom is -0.469 e. The van der Waals surface area contributed by atoms with Crippen molar-refractivity contribution in [2.75, 3.05) is 7.11 Å². The zero-order valence-electron chi connectivity index (χ0n) is 13.2. The average molecular weight is 337 g/mol. The summed E-state index contributed by atoms with van der Waals surface area (Å²) in [4.78, 5) is 11.6. The van der Waals surface area contributed by atoms with E-state index in [1.165, 1.54) is 19.2 Å². The van der Waals surface area contributed by atoms with Crippen molar-refractivity contribution in [2.45, 2.75) is 31.2 Å². The first-order chi connectivity index (χ1) is 10.8. The third kappa shape index (κ3) is 4.20. The van der Waals surface area contributed by atoms with Crippen LogP contribution in [-0.2, 0) is 21.2 Å². The molecular formula is C16H19NO5S. The fourth-order valence-electron chi connectivity index (χ4n) is 2.23. The number of aryl methyl sites for hydroxylation is 1. The van der Waals surface area contributed by atoms with Gasteiger partial charge >= 0.3 is 5.97 Å². The summed E-state index contributed by atoms with van der Waals surface area (Å²) >= 11 is 0. The lowest BCUT2D eigenvalue weighted by molar-refractivity contribution is 0.0600. The van der Waals surface area contributed by atoms with Crippen LogP contribution in [-0.4, -0.2) is 27.5 Å². The Morgan fingerprint density at radius 3 is 2.70 bits per heavy atom. The van der Waals surface area contributed by atoms with Gasteiger partial charge in [-0.05, 0) is 43.7 Å². The van der Waals surface area contributed by atoms with Crippen LogP contribution < -0.4 is 4.72 Å². The molecule has 0 amide bonds. The predicted molar refractivity (Wildman–Crippen MR) is 84.7 cm³/mol. The summed E-state index contributed by atoms with van der Waals surface area (Å²) in [5.74, 6) is 0.116. The van der Waals surface area contributed by atoms with E-state index in [1.54, 1.807) is 38.3 Å². The molecule has 0 unspecified atom stereocenters. The normalized spacial score (nSPS) is 12.8. The Labute approximate surface area is 135 Å². The van der Waals surface area contributed by atoms with E-state index in [4.69, 9.17) is 4.42 Å². The molecule has 0 aliphatic rings. The minimum atomic E-state index is -3.76. The number of furan rings is 1. The van der Waals surface area contributed by atoms with Gasteiger partial charge in [0.25, 0.3) is 0 Å². The third-order valence-electron chi connectivity index (χ3n) is 3.34. The molecule has 1 N–H and O–H groups in total. The first-order valence-electron chi connectivity index (χ1n) is 7.07. The van der Waals surface area contributed by atoms with Gasteiger partial charge in [0.1, 0.15) is 5.76 Å². The lowest BCUT2D eigenvalue weighted by Crippen LogP contribution is -2.34. The van der Waals surface area contributed by atoms with Gasteiger partial charge in [-0.2, -0.15) is 0 Å². The van der Waals surface area contributed by atoms with Crippen molar-refractivity contribution >= 4 is 16.0 Å². The van der Waals surface area contributed by atoms with E-state index in [0.717, 1.165) is 0 Å². The summed E-state index contributed by atoms with van der Waals surface area (Å²) in [5, 5.41) is 0. The number of rotatable bonds is 6. The maximum Gasteiger partial charge on any atom is 0.337 e. The smallest absolute Gasteiger partial charge is 0.337 e. The SMILES string of the molecule is COC(=O)c1ccc(C)c(S(=O)(=O)N[C@@H](C)Cc2ccco2)c1. The van der Waals surface area contributed by atoms with Crippen LogP contribution in [0.4, 0.5) is 0 Å². The van der Waals surface area contributed by atoms with E-state index >= 15 is 0 Å². The van der Waals surface area contributed by atoms with Gasteiger partial charge < -0.3 is 9.15 Å². The van der Waals surface area contributed by atoms with Gasteiger partial charge in [-0.15, -0.1) is 0 Å². The standard InChI is InChI=1S/C16H19NO5S/c1-11-6-7-13(16(18)21-3)10-15(11)23(19,20)17-12(2)9-14-5-4-8-22-14/h4-8,10,12,17H,9H2,1-3H3/t12-/m0/s1. The predicted octanol–water partition coefficient (Wildman–Crippen LogP) is 2.28. The quantitative estimate of drug-likeness (QED) is 0.817. The van der Waals surface area contributed by atoms with E-state index in [2.05, 4.69) is 9.46 Å². The van der Waals surface area contributed by atoms with Crippen LogP contribution in [0.3, 0.4) is 0 Å². The van der Waals surface area contributed by atoms with Gasteiger partial charge in [-0.3, -0.25) is 0 Å². The molecule has 23 heavy (non-hydrogen) atoms. The van der Waals surface area contributed by atoms with Gasteiger partial charge in [0.2, 0.25) is 10.0 Å². The number of ether oxygens (including phenoxy) is 1. The Morgan fingerprint density at radius 1 is 1.35 bits per heavy atom. The maximum absolute atomic E-state index is 12.6. The maximum atomic E-state index is 12.6. The molecule has 6 nitrogen and oxygen atoms in total. The summed E-state index contributed by atoms with van der Waals surface area (Å²) in [7, 11) is -2.51. The van der Waals surface area contributed by atoms with Crippen molar-refractivity contribution in [1.82, 2.24) is 4.72 Å². The van der Waals surface area contributed by atoms with Crippen LogP contribution in [0.1, 0.15) is 28.6 Å². The second-order valence-corrected chi connectivity index (χ2v) is 6.96. The Morgan fingerprint density at radius 2 is 2.09 bits per heavy atom. The largest absolute Gasteiger partial charge is 0.469 e. The van der Waals surface area contributed by atoms with Crippen molar-refractivity contribution in [1.29, 1.82) is 0 Å². The van der Waals surface area contributed by atoms with E-state index in [9.17, 15) is 13.2 Å². The first-order valence-corrected chi connectivity index (χ1v) is 8.55. The van der Waals surface area contributed by atoms with Crippen LogP contribution in [0.5, 0.6) is 0 Å². The Bertz CT molecular complexity index is 781. The molecule has 1 aromatic heterocycles. The highest BCUT2D eigenvalue weighted by Crippen LogP contribution is 2.18. The third-order valence-corrected chi connectivity index (χ3v) is 5.07. The van der Waals surface area contributed by atoms with E-state index < -0.39 is 16.0 Å². The lowest BCUT2D eigenvalue weighted by atomic mass is 10.1. The number of esters is 1. The molecule has 2 rings (SSSR count). The molecule has 0 aliphatic heterocycles. The number of hydrogen-bond acceptors (Lipinski definition) is 5. The number of carbonyl (C=O) groups excluding carboxylic acids is 1. The molecule has 0 radical (unpaired) electrons. The minimum absolute atomic E-state index is 0.0618. The Hall–Kier alpha value is -2.12. The Balaban J connectivity index is 2.23. The van der Waals surface area contributed by atoms with Crippen LogP contribution >= 0.6 is 0 Å². The van der Waals surface area contributed by atoms with E-state index in [1.807, 2.05) is 0 Å². The molecule has 0 fully saturated rings. The number of benzene rings is 1. The van der Waals surface area contributed by atoms with Crippen LogP contribution in [0.15, 0.2) is 45.9 Å². The molecule has 0 aliphatic carbocycles. The summed E-state index contributed by atoms with van der Waals surface area (Å²) < 4.78 is 37.6. The molecule has 1 atom stereocenters.